The fourth-order valence-electron chi connectivity index (χ4n) is 3.34. The Hall–Kier alpha value is -2.81. The van der Waals surface area contributed by atoms with Gasteiger partial charge in [0.25, 0.3) is 0 Å². The molecule has 0 saturated carbocycles. The van der Waals surface area contributed by atoms with E-state index in [4.69, 9.17) is 10.1 Å². The molecule has 5 rings (SSSR count). The normalized spacial score (nSPS) is 15.8. The van der Waals surface area contributed by atoms with Crippen molar-refractivity contribution in [1.82, 2.24) is 34.8 Å². The lowest BCUT2D eigenvalue weighted by molar-refractivity contribution is 0.485. The number of nitrogens with zero attached hydrogens (tertiary/aromatic N) is 7. The monoisotopic (exact) mass is 366 g/mol. The average molecular weight is 366 g/mol. The number of H-pyrrole nitrogens is 1. The van der Waals surface area contributed by atoms with Crippen LogP contribution in [0.1, 0.15) is 30.4 Å². The zero-order chi connectivity index (χ0) is 17.5. The second-order valence-electron chi connectivity index (χ2n) is 6.52. The lowest BCUT2D eigenvalue weighted by Crippen LogP contribution is -2.33. The fraction of sp³-hybridized carbons (Fsp3) is 0.353. The van der Waals surface area contributed by atoms with E-state index in [1.165, 1.54) is 0 Å². The summed E-state index contributed by atoms with van der Waals surface area (Å²) in [6, 6.07) is 3.93. The Morgan fingerprint density at radius 3 is 2.81 bits per heavy atom. The van der Waals surface area contributed by atoms with Gasteiger partial charge in [0.2, 0.25) is 10.1 Å². The summed E-state index contributed by atoms with van der Waals surface area (Å²) in [7, 11) is 0. The number of pyridine rings is 1. The summed E-state index contributed by atoms with van der Waals surface area (Å²) in [5.74, 6) is 2.25. The predicted molar refractivity (Wildman–Crippen MR) is 99.4 cm³/mol. The van der Waals surface area contributed by atoms with Crippen LogP contribution < -0.4 is 4.90 Å². The largest absolute Gasteiger partial charge is 0.347 e. The Morgan fingerprint density at radius 1 is 1.23 bits per heavy atom. The zero-order valence-electron chi connectivity index (χ0n) is 14.3. The Bertz CT molecular complexity index is 994. The minimum atomic E-state index is 0.428. The van der Waals surface area contributed by atoms with Crippen molar-refractivity contribution >= 4 is 21.4 Å². The molecule has 0 radical (unpaired) electrons. The van der Waals surface area contributed by atoms with Crippen LogP contribution in [0.4, 0.5) is 5.13 Å². The second-order valence-corrected chi connectivity index (χ2v) is 7.45. The zero-order valence-corrected chi connectivity index (χ0v) is 15.1. The van der Waals surface area contributed by atoms with E-state index >= 15 is 0 Å². The molecule has 0 spiro atoms. The van der Waals surface area contributed by atoms with Crippen LogP contribution in [0, 0.1) is 6.92 Å². The molecule has 1 fully saturated rings. The van der Waals surface area contributed by atoms with Gasteiger partial charge in [-0.05, 0) is 31.9 Å². The van der Waals surface area contributed by atoms with Gasteiger partial charge in [-0.25, -0.2) is 14.5 Å². The Morgan fingerprint density at radius 2 is 2.12 bits per heavy atom. The van der Waals surface area contributed by atoms with Crippen molar-refractivity contribution in [2.75, 3.05) is 18.0 Å². The van der Waals surface area contributed by atoms with Gasteiger partial charge in [-0.15, -0.1) is 5.10 Å². The summed E-state index contributed by atoms with van der Waals surface area (Å²) in [5.41, 5.74) is 1.91. The third-order valence-electron chi connectivity index (χ3n) is 4.73. The minimum Gasteiger partial charge on any atom is -0.347 e. The molecule has 0 amide bonds. The first-order valence-corrected chi connectivity index (χ1v) is 9.48. The summed E-state index contributed by atoms with van der Waals surface area (Å²) in [6.45, 7) is 3.87. The number of aromatic nitrogens is 7. The van der Waals surface area contributed by atoms with Gasteiger partial charge in [-0.2, -0.15) is 5.10 Å². The van der Waals surface area contributed by atoms with E-state index in [9.17, 15) is 0 Å². The van der Waals surface area contributed by atoms with Crippen LogP contribution in [0.25, 0.3) is 16.2 Å². The van der Waals surface area contributed by atoms with Gasteiger partial charge >= 0.3 is 0 Å². The molecule has 1 N–H and O–H groups in total. The highest BCUT2D eigenvalue weighted by Gasteiger charge is 2.25. The molecular formula is C17H18N8S. The lowest BCUT2D eigenvalue weighted by Gasteiger charge is -2.30. The molecule has 0 aliphatic carbocycles. The number of piperidine rings is 1. The van der Waals surface area contributed by atoms with Crippen molar-refractivity contribution in [2.45, 2.75) is 25.7 Å². The number of rotatable bonds is 3. The molecule has 1 aliphatic heterocycles. The number of nitrogens with one attached hydrogen (secondary N) is 1. The highest BCUT2D eigenvalue weighted by atomic mass is 32.1. The first kappa shape index (κ1) is 15.4. The van der Waals surface area contributed by atoms with Gasteiger partial charge in [0.15, 0.2) is 5.82 Å². The number of fused-ring (bicyclic) bond motifs is 1. The Labute approximate surface area is 153 Å². The fourth-order valence-corrected chi connectivity index (χ4v) is 4.28. The van der Waals surface area contributed by atoms with E-state index in [1.807, 2.05) is 36.0 Å². The van der Waals surface area contributed by atoms with Crippen molar-refractivity contribution < 1.29 is 0 Å². The molecular weight excluding hydrogens is 348 g/mol. The quantitative estimate of drug-likeness (QED) is 0.600. The molecule has 132 valence electrons. The number of imidazole rings is 1. The van der Waals surface area contributed by atoms with Crippen molar-refractivity contribution in [3.63, 3.8) is 0 Å². The third kappa shape index (κ3) is 2.74. The third-order valence-corrected chi connectivity index (χ3v) is 5.72. The van der Waals surface area contributed by atoms with Crippen molar-refractivity contribution in [3.8, 4) is 11.3 Å². The van der Waals surface area contributed by atoms with Crippen LogP contribution in [0.5, 0.6) is 0 Å². The summed E-state index contributed by atoms with van der Waals surface area (Å²) in [6.07, 6.45) is 7.64. The van der Waals surface area contributed by atoms with Crippen molar-refractivity contribution in [2.24, 2.45) is 0 Å². The topological polar surface area (TPSA) is 87.9 Å². The maximum atomic E-state index is 4.73. The van der Waals surface area contributed by atoms with Crippen molar-refractivity contribution in [3.05, 3.63) is 42.4 Å². The van der Waals surface area contributed by atoms with Gasteiger partial charge in [0.1, 0.15) is 5.82 Å². The summed E-state index contributed by atoms with van der Waals surface area (Å²) in [4.78, 5) is 16.6. The first-order chi connectivity index (χ1) is 12.8. The van der Waals surface area contributed by atoms with E-state index in [2.05, 4.69) is 25.1 Å². The molecule has 0 aromatic carbocycles. The smallest absolute Gasteiger partial charge is 0.214 e. The molecule has 0 bridgehead atoms. The summed E-state index contributed by atoms with van der Waals surface area (Å²) in [5, 5.41) is 13.0. The molecule has 0 atom stereocenters. The number of aromatic amines is 1. The van der Waals surface area contributed by atoms with E-state index in [0.717, 1.165) is 58.9 Å². The van der Waals surface area contributed by atoms with Gasteiger partial charge < -0.3 is 4.90 Å². The van der Waals surface area contributed by atoms with Gasteiger partial charge in [-0.1, -0.05) is 11.3 Å². The molecule has 4 aromatic heterocycles. The molecule has 1 aliphatic rings. The standard InChI is InChI=1S/C17H18N8S/c1-11-19-15(22-21-11)12-4-7-24(8-5-12)17-23-25-10-14(20-16(25)26-17)13-3-2-6-18-9-13/h2-3,6,9-10,12H,4-5,7-8H2,1H3,(H,19,21,22). The van der Waals surface area contributed by atoms with Crippen LogP contribution in [-0.4, -0.2) is 47.9 Å². The summed E-state index contributed by atoms with van der Waals surface area (Å²) >= 11 is 1.63. The van der Waals surface area contributed by atoms with E-state index in [0.29, 0.717) is 5.92 Å². The summed E-state index contributed by atoms with van der Waals surface area (Å²) < 4.78 is 1.87. The maximum absolute atomic E-state index is 4.73. The molecule has 26 heavy (non-hydrogen) atoms. The maximum Gasteiger partial charge on any atom is 0.214 e. The molecule has 8 nitrogen and oxygen atoms in total. The Balaban J connectivity index is 1.32. The Kier molecular flexibility index (Phi) is 3.66. The number of aryl methyl sites for hydroxylation is 1. The van der Waals surface area contributed by atoms with Gasteiger partial charge in [-0.3, -0.25) is 10.1 Å². The average Bonchev–Trinajstić information content (AvgIpc) is 3.37. The minimum absolute atomic E-state index is 0.428. The van der Waals surface area contributed by atoms with Crippen molar-refractivity contribution in [1.29, 1.82) is 0 Å². The first-order valence-electron chi connectivity index (χ1n) is 8.67. The van der Waals surface area contributed by atoms with Crippen LogP contribution in [0.15, 0.2) is 30.7 Å². The second kappa shape index (κ2) is 6.17. The van der Waals surface area contributed by atoms with Crippen LogP contribution in [0.2, 0.25) is 0 Å². The predicted octanol–water partition coefficient (Wildman–Crippen LogP) is 2.66. The van der Waals surface area contributed by atoms with Crippen LogP contribution in [0.3, 0.4) is 0 Å². The van der Waals surface area contributed by atoms with Crippen LogP contribution >= 0.6 is 11.3 Å². The highest BCUT2D eigenvalue weighted by molar-refractivity contribution is 7.20. The molecule has 9 heteroatoms. The van der Waals surface area contributed by atoms with E-state index in [-0.39, 0.29) is 0 Å². The van der Waals surface area contributed by atoms with E-state index in [1.54, 1.807) is 17.5 Å². The highest BCUT2D eigenvalue weighted by Crippen LogP contribution is 2.31. The molecule has 5 heterocycles. The lowest BCUT2D eigenvalue weighted by atomic mass is 9.96. The number of hydrogen-bond acceptors (Lipinski definition) is 7. The number of hydrogen-bond donors (Lipinski definition) is 1. The van der Waals surface area contributed by atoms with Crippen LogP contribution in [-0.2, 0) is 0 Å². The molecule has 0 unspecified atom stereocenters. The van der Waals surface area contributed by atoms with Gasteiger partial charge in [0.05, 0.1) is 11.9 Å². The van der Waals surface area contributed by atoms with Gasteiger partial charge in [0, 0.05) is 37.0 Å². The molecule has 4 aromatic rings. The number of anilines is 1. The molecule has 1 saturated heterocycles. The van der Waals surface area contributed by atoms with E-state index < -0.39 is 0 Å². The SMILES string of the molecule is Cc1nc(C2CCN(c3nn4cc(-c5cccnc5)nc4s3)CC2)n[nH]1.